The Hall–Kier alpha value is -3.00. The number of rotatable bonds is 7. The summed E-state index contributed by atoms with van der Waals surface area (Å²) in [5, 5.41) is 5.33. The van der Waals surface area contributed by atoms with Crippen molar-refractivity contribution in [1.82, 2.24) is 15.2 Å². The number of piperazine rings is 1. The molecule has 1 fully saturated rings. The van der Waals surface area contributed by atoms with Crippen molar-refractivity contribution in [3.8, 4) is 0 Å². The summed E-state index contributed by atoms with van der Waals surface area (Å²) in [5.41, 5.74) is 1.91. The van der Waals surface area contributed by atoms with E-state index >= 15 is 0 Å². The second-order valence-corrected chi connectivity index (χ2v) is 7.36. The van der Waals surface area contributed by atoms with Gasteiger partial charge in [-0.15, -0.1) is 0 Å². The maximum atomic E-state index is 14.5. The van der Waals surface area contributed by atoms with Gasteiger partial charge in [0.05, 0.1) is 5.69 Å². The lowest BCUT2D eigenvalue weighted by molar-refractivity contribution is -0.116. The molecule has 3 rings (SSSR count). The SMILES string of the molecule is CCCC(=O)Nc1cc(CN2CCN(c3ccc(C(=O)NC)cc3F)CC2)ccn1. The minimum atomic E-state index is -0.383. The highest BCUT2D eigenvalue weighted by molar-refractivity contribution is 5.94. The van der Waals surface area contributed by atoms with E-state index in [9.17, 15) is 14.0 Å². The molecule has 2 N–H and O–H groups in total. The molecule has 0 saturated carbocycles. The van der Waals surface area contributed by atoms with Gasteiger partial charge in [-0.2, -0.15) is 0 Å². The summed E-state index contributed by atoms with van der Waals surface area (Å²) in [6.45, 7) is 5.67. The van der Waals surface area contributed by atoms with E-state index in [2.05, 4.69) is 20.5 Å². The van der Waals surface area contributed by atoms with Crippen LogP contribution in [0.25, 0.3) is 0 Å². The number of carbonyl (C=O) groups excluding carboxylic acids is 2. The fourth-order valence-corrected chi connectivity index (χ4v) is 3.53. The van der Waals surface area contributed by atoms with E-state index in [1.165, 1.54) is 13.1 Å². The highest BCUT2D eigenvalue weighted by atomic mass is 19.1. The second kappa shape index (κ2) is 10.2. The van der Waals surface area contributed by atoms with Crippen LogP contribution in [0.2, 0.25) is 0 Å². The van der Waals surface area contributed by atoms with Crippen LogP contribution in [0.1, 0.15) is 35.7 Å². The van der Waals surface area contributed by atoms with E-state index < -0.39 is 0 Å². The number of halogens is 1. The van der Waals surface area contributed by atoms with Crippen LogP contribution >= 0.6 is 0 Å². The molecule has 1 aromatic carbocycles. The van der Waals surface area contributed by atoms with Gasteiger partial charge < -0.3 is 15.5 Å². The van der Waals surface area contributed by atoms with Crippen molar-refractivity contribution in [3.63, 3.8) is 0 Å². The highest BCUT2D eigenvalue weighted by Crippen LogP contribution is 2.23. The van der Waals surface area contributed by atoms with Crippen molar-refractivity contribution in [2.45, 2.75) is 26.3 Å². The molecule has 7 nitrogen and oxygen atoms in total. The fraction of sp³-hybridized carbons (Fsp3) is 0.409. The summed E-state index contributed by atoms with van der Waals surface area (Å²) in [6.07, 6.45) is 2.98. The van der Waals surface area contributed by atoms with Crippen molar-refractivity contribution >= 4 is 23.3 Å². The molecular formula is C22H28FN5O2. The number of amides is 2. The number of anilines is 2. The zero-order valence-electron chi connectivity index (χ0n) is 17.4. The van der Waals surface area contributed by atoms with Gasteiger partial charge in [0.15, 0.2) is 0 Å². The summed E-state index contributed by atoms with van der Waals surface area (Å²) < 4.78 is 14.5. The third-order valence-corrected chi connectivity index (χ3v) is 5.12. The number of pyridine rings is 1. The molecule has 0 aliphatic carbocycles. The van der Waals surface area contributed by atoms with Crippen molar-refractivity contribution in [3.05, 3.63) is 53.5 Å². The van der Waals surface area contributed by atoms with Gasteiger partial charge in [0.25, 0.3) is 5.91 Å². The van der Waals surface area contributed by atoms with Crippen LogP contribution in [0, 0.1) is 5.82 Å². The number of hydrogen-bond donors (Lipinski definition) is 2. The molecule has 0 bridgehead atoms. The molecule has 2 amide bonds. The Morgan fingerprint density at radius 1 is 1.13 bits per heavy atom. The average molecular weight is 413 g/mol. The molecular weight excluding hydrogens is 385 g/mol. The number of nitrogens with one attached hydrogen (secondary N) is 2. The molecule has 0 spiro atoms. The predicted octanol–water partition coefficient (Wildman–Crippen LogP) is 2.64. The Morgan fingerprint density at radius 2 is 1.90 bits per heavy atom. The molecule has 0 atom stereocenters. The van der Waals surface area contributed by atoms with Crippen molar-refractivity contribution < 1.29 is 14.0 Å². The average Bonchev–Trinajstić information content (AvgIpc) is 2.74. The quantitative estimate of drug-likeness (QED) is 0.730. The predicted molar refractivity (Wildman–Crippen MR) is 115 cm³/mol. The Kier molecular flexibility index (Phi) is 7.35. The third-order valence-electron chi connectivity index (χ3n) is 5.12. The second-order valence-electron chi connectivity index (χ2n) is 7.36. The smallest absolute Gasteiger partial charge is 0.251 e. The number of aromatic nitrogens is 1. The van der Waals surface area contributed by atoms with Crippen LogP contribution < -0.4 is 15.5 Å². The number of hydrogen-bond acceptors (Lipinski definition) is 5. The van der Waals surface area contributed by atoms with E-state index in [0.29, 0.717) is 36.6 Å². The third kappa shape index (κ3) is 5.54. The van der Waals surface area contributed by atoms with Crippen LogP contribution in [0.3, 0.4) is 0 Å². The van der Waals surface area contributed by atoms with E-state index in [-0.39, 0.29) is 17.6 Å². The largest absolute Gasteiger partial charge is 0.367 e. The van der Waals surface area contributed by atoms with Crippen molar-refractivity contribution in [1.29, 1.82) is 0 Å². The lowest BCUT2D eigenvalue weighted by Crippen LogP contribution is -2.46. The molecule has 1 saturated heterocycles. The van der Waals surface area contributed by atoms with Crippen LogP contribution in [-0.4, -0.2) is 54.9 Å². The molecule has 0 unspecified atom stereocenters. The first-order valence-electron chi connectivity index (χ1n) is 10.2. The van der Waals surface area contributed by atoms with Gasteiger partial charge in [0.2, 0.25) is 5.91 Å². The summed E-state index contributed by atoms with van der Waals surface area (Å²) >= 11 is 0. The van der Waals surface area contributed by atoms with E-state index in [4.69, 9.17) is 0 Å². The highest BCUT2D eigenvalue weighted by Gasteiger charge is 2.20. The summed E-state index contributed by atoms with van der Waals surface area (Å²) in [4.78, 5) is 31.9. The summed E-state index contributed by atoms with van der Waals surface area (Å²) in [5.74, 6) is -0.137. The first-order valence-corrected chi connectivity index (χ1v) is 10.2. The molecule has 1 aromatic heterocycles. The van der Waals surface area contributed by atoms with Gasteiger partial charge in [-0.3, -0.25) is 14.5 Å². The van der Waals surface area contributed by atoms with Crippen LogP contribution in [-0.2, 0) is 11.3 Å². The van der Waals surface area contributed by atoms with E-state index in [1.807, 2.05) is 24.0 Å². The van der Waals surface area contributed by atoms with E-state index in [0.717, 1.165) is 31.6 Å². The Labute approximate surface area is 176 Å². The Bertz CT molecular complexity index is 897. The zero-order chi connectivity index (χ0) is 21.5. The van der Waals surface area contributed by atoms with Gasteiger partial charge in [0, 0.05) is 58.0 Å². The molecule has 8 heteroatoms. The maximum absolute atomic E-state index is 14.5. The first kappa shape index (κ1) is 21.7. The van der Waals surface area contributed by atoms with Gasteiger partial charge in [-0.1, -0.05) is 6.92 Å². The Morgan fingerprint density at radius 3 is 2.57 bits per heavy atom. The van der Waals surface area contributed by atoms with Crippen LogP contribution in [0.5, 0.6) is 0 Å². The summed E-state index contributed by atoms with van der Waals surface area (Å²) in [7, 11) is 1.53. The minimum Gasteiger partial charge on any atom is -0.367 e. The van der Waals surface area contributed by atoms with Gasteiger partial charge in [-0.05, 0) is 42.3 Å². The number of benzene rings is 1. The van der Waals surface area contributed by atoms with Crippen LogP contribution in [0.15, 0.2) is 36.5 Å². The fourth-order valence-electron chi connectivity index (χ4n) is 3.53. The first-order chi connectivity index (χ1) is 14.5. The minimum absolute atomic E-state index is 0.0276. The summed E-state index contributed by atoms with van der Waals surface area (Å²) in [6, 6.07) is 8.45. The zero-order valence-corrected chi connectivity index (χ0v) is 17.4. The molecule has 160 valence electrons. The van der Waals surface area contributed by atoms with Crippen LogP contribution in [0.4, 0.5) is 15.9 Å². The number of carbonyl (C=O) groups is 2. The maximum Gasteiger partial charge on any atom is 0.251 e. The topological polar surface area (TPSA) is 77.6 Å². The van der Waals surface area contributed by atoms with Crippen molar-refractivity contribution in [2.75, 3.05) is 43.4 Å². The molecule has 0 radical (unpaired) electrons. The lowest BCUT2D eigenvalue weighted by Gasteiger charge is -2.36. The van der Waals surface area contributed by atoms with Gasteiger partial charge in [0.1, 0.15) is 11.6 Å². The van der Waals surface area contributed by atoms with Gasteiger partial charge in [-0.25, -0.2) is 9.37 Å². The molecule has 30 heavy (non-hydrogen) atoms. The molecule has 1 aliphatic heterocycles. The molecule has 1 aliphatic rings. The number of nitrogens with zero attached hydrogens (tertiary/aromatic N) is 3. The standard InChI is InChI=1S/C22H28FN5O2/c1-3-4-21(29)26-20-13-16(7-8-25-20)15-27-9-11-28(12-10-27)19-6-5-17(14-18(19)23)22(30)24-2/h5-8,13-14H,3-4,9-12,15H2,1-2H3,(H,24,30)(H,25,26,29). The molecule has 2 heterocycles. The molecule has 2 aromatic rings. The monoisotopic (exact) mass is 413 g/mol. The lowest BCUT2D eigenvalue weighted by atomic mass is 10.1. The van der Waals surface area contributed by atoms with Crippen molar-refractivity contribution in [2.24, 2.45) is 0 Å². The normalized spacial score (nSPS) is 14.4. The Balaban J connectivity index is 1.56. The van der Waals surface area contributed by atoms with E-state index in [1.54, 1.807) is 18.3 Å². The van der Waals surface area contributed by atoms with Gasteiger partial charge >= 0.3 is 0 Å².